The number of nitrogens with one attached hydrogen (secondary N) is 1. The highest BCUT2D eigenvalue weighted by molar-refractivity contribution is 7.92. The summed E-state index contributed by atoms with van der Waals surface area (Å²) in [5, 5.41) is 0.400. The van der Waals surface area contributed by atoms with Crippen molar-refractivity contribution in [1.82, 2.24) is 3.97 Å². The summed E-state index contributed by atoms with van der Waals surface area (Å²) in [4.78, 5) is 12.0. The molecule has 0 atom stereocenters. The number of carbonyl (C=O) groups excluding carboxylic acids is 1. The minimum Gasteiger partial charge on any atom is -0.294 e. The van der Waals surface area contributed by atoms with E-state index in [0.29, 0.717) is 27.8 Å². The summed E-state index contributed by atoms with van der Waals surface area (Å²) in [6, 6.07) is 3.06. The van der Waals surface area contributed by atoms with Gasteiger partial charge in [-0.05, 0) is 38.5 Å². The fourth-order valence-corrected chi connectivity index (χ4v) is 4.44. The van der Waals surface area contributed by atoms with Crippen molar-refractivity contribution in [3.63, 3.8) is 0 Å². The van der Waals surface area contributed by atoms with E-state index in [4.69, 9.17) is 0 Å². The minimum atomic E-state index is -3.61. The van der Waals surface area contributed by atoms with Gasteiger partial charge in [-0.25, -0.2) is 20.8 Å². The third kappa shape index (κ3) is 3.25. The number of rotatable bonds is 4. The van der Waals surface area contributed by atoms with Crippen LogP contribution in [0.3, 0.4) is 0 Å². The van der Waals surface area contributed by atoms with Crippen molar-refractivity contribution in [2.45, 2.75) is 20.8 Å². The highest BCUT2D eigenvalue weighted by Crippen LogP contribution is 2.32. The molecule has 0 aliphatic rings. The standard InChI is InChI=1S/C14H18N2O5S2/c1-8-6-13-11(7-12(8)15-22(4,18)19)14(10(3)17)9(2)16(13)23(5,20)21/h6-7,15H,1-5H3. The summed E-state index contributed by atoms with van der Waals surface area (Å²) >= 11 is 0. The van der Waals surface area contributed by atoms with Gasteiger partial charge in [0.15, 0.2) is 5.78 Å². The number of ketones is 1. The van der Waals surface area contributed by atoms with E-state index in [1.807, 2.05) is 0 Å². The van der Waals surface area contributed by atoms with Gasteiger partial charge in [-0.15, -0.1) is 0 Å². The van der Waals surface area contributed by atoms with Gasteiger partial charge in [-0.1, -0.05) is 0 Å². The molecule has 0 aliphatic heterocycles. The molecular weight excluding hydrogens is 340 g/mol. The van der Waals surface area contributed by atoms with Crippen LogP contribution in [0.5, 0.6) is 0 Å². The molecule has 23 heavy (non-hydrogen) atoms. The highest BCUT2D eigenvalue weighted by Gasteiger charge is 2.23. The third-order valence-corrected chi connectivity index (χ3v) is 5.20. The van der Waals surface area contributed by atoms with E-state index in [1.54, 1.807) is 19.9 Å². The Morgan fingerprint density at radius 3 is 2.09 bits per heavy atom. The van der Waals surface area contributed by atoms with Crippen molar-refractivity contribution in [2.75, 3.05) is 17.2 Å². The first-order valence-electron chi connectivity index (χ1n) is 6.68. The summed E-state index contributed by atoms with van der Waals surface area (Å²) in [6.45, 7) is 4.56. The maximum atomic E-state index is 12.1. The van der Waals surface area contributed by atoms with Crippen LogP contribution in [0.2, 0.25) is 0 Å². The zero-order chi connectivity index (χ0) is 17.7. The van der Waals surface area contributed by atoms with Crippen LogP contribution >= 0.6 is 0 Å². The van der Waals surface area contributed by atoms with Crippen molar-refractivity contribution < 1.29 is 21.6 Å². The monoisotopic (exact) mass is 358 g/mol. The predicted molar refractivity (Wildman–Crippen MR) is 90.1 cm³/mol. The van der Waals surface area contributed by atoms with Crippen LogP contribution in [-0.2, 0) is 20.0 Å². The van der Waals surface area contributed by atoms with Gasteiger partial charge < -0.3 is 0 Å². The van der Waals surface area contributed by atoms with Gasteiger partial charge in [0.25, 0.3) is 0 Å². The topological polar surface area (TPSA) is 102 Å². The lowest BCUT2D eigenvalue weighted by molar-refractivity contribution is 0.101. The molecule has 7 nitrogen and oxygen atoms in total. The first-order valence-corrected chi connectivity index (χ1v) is 10.4. The Labute approximate surface area is 135 Å². The number of sulfonamides is 1. The molecule has 0 aliphatic carbocycles. The Hall–Kier alpha value is -1.87. The van der Waals surface area contributed by atoms with E-state index in [1.165, 1.54) is 13.0 Å². The molecule has 0 saturated heterocycles. The second-order valence-corrected chi connectivity index (χ2v) is 9.18. The number of Topliss-reactive ketones (excluding diaryl/α,β-unsaturated/α-hetero) is 1. The maximum Gasteiger partial charge on any atom is 0.236 e. The summed E-state index contributed by atoms with van der Waals surface area (Å²) in [6.07, 6.45) is 2.08. The molecular formula is C14H18N2O5S2. The van der Waals surface area contributed by atoms with Crippen molar-refractivity contribution in [2.24, 2.45) is 0 Å². The summed E-state index contributed by atoms with van der Waals surface area (Å²) in [5.74, 6) is -0.288. The Bertz CT molecular complexity index is 1030. The lowest BCUT2D eigenvalue weighted by atomic mass is 10.1. The molecule has 1 aromatic carbocycles. The third-order valence-electron chi connectivity index (χ3n) is 3.48. The lowest BCUT2D eigenvalue weighted by Crippen LogP contribution is -2.12. The molecule has 1 heterocycles. The minimum absolute atomic E-state index is 0.266. The average Bonchev–Trinajstić information content (AvgIpc) is 2.58. The molecule has 0 unspecified atom stereocenters. The van der Waals surface area contributed by atoms with Crippen LogP contribution in [0.4, 0.5) is 5.69 Å². The zero-order valence-corrected chi connectivity index (χ0v) is 15.1. The largest absolute Gasteiger partial charge is 0.294 e. The highest BCUT2D eigenvalue weighted by atomic mass is 32.2. The van der Waals surface area contributed by atoms with E-state index < -0.39 is 20.0 Å². The number of aryl methyl sites for hydroxylation is 1. The Balaban J connectivity index is 2.97. The van der Waals surface area contributed by atoms with Gasteiger partial charge in [0.2, 0.25) is 20.0 Å². The molecule has 0 amide bonds. The quantitative estimate of drug-likeness (QED) is 0.837. The number of benzene rings is 1. The first-order chi connectivity index (χ1) is 10.3. The van der Waals surface area contributed by atoms with Crippen LogP contribution in [0.1, 0.15) is 28.5 Å². The van der Waals surface area contributed by atoms with Crippen LogP contribution in [0.25, 0.3) is 10.9 Å². The van der Waals surface area contributed by atoms with Gasteiger partial charge in [-0.3, -0.25) is 9.52 Å². The second kappa shape index (κ2) is 5.34. The Morgan fingerprint density at radius 2 is 1.65 bits per heavy atom. The van der Waals surface area contributed by atoms with Crippen LogP contribution in [0.15, 0.2) is 12.1 Å². The van der Waals surface area contributed by atoms with E-state index in [2.05, 4.69) is 4.72 Å². The fourth-order valence-electron chi connectivity index (χ4n) is 2.72. The van der Waals surface area contributed by atoms with Gasteiger partial charge in [0, 0.05) is 16.6 Å². The number of fused-ring (bicyclic) bond motifs is 1. The molecule has 0 saturated carbocycles. The molecule has 1 aromatic heterocycles. The van der Waals surface area contributed by atoms with E-state index in [9.17, 15) is 21.6 Å². The summed E-state index contributed by atoms with van der Waals surface area (Å²) < 4.78 is 50.5. The smallest absolute Gasteiger partial charge is 0.236 e. The molecule has 1 N–H and O–H groups in total. The van der Waals surface area contributed by atoms with Gasteiger partial charge in [0.1, 0.15) is 0 Å². The van der Waals surface area contributed by atoms with Gasteiger partial charge in [0.05, 0.1) is 23.7 Å². The predicted octanol–water partition coefficient (Wildman–Crippen LogP) is 1.64. The molecule has 0 bridgehead atoms. The molecule has 9 heteroatoms. The van der Waals surface area contributed by atoms with Crippen LogP contribution < -0.4 is 4.72 Å². The van der Waals surface area contributed by atoms with Crippen LogP contribution in [-0.4, -0.2) is 39.1 Å². The number of aromatic nitrogens is 1. The number of nitrogens with zero attached hydrogens (tertiary/aromatic N) is 1. The second-order valence-electron chi connectivity index (χ2n) is 5.60. The molecule has 126 valence electrons. The van der Waals surface area contributed by atoms with E-state index >= 15 is 0 Å². The van der Waals surface area contributed by atoms with Crippen molar-refractivity contribution in [3.8, 4) is 0 Å². The lowest BCUT2D eigenvalue weighted by Gasteiger charge is -2.10. The molecule has 2 aromatic rings. The normalized spacial score (nSPS) is 12.6. The van der Waals surface area contributed by atoms with Crippen molar-refractivity contribution in [3.05, 3.63) is 29.0 Å². The van der Waals surface area contributed by atoms with E-state index in [-0.39, 0.29) is 11.3 Å². The van der Waals surface area contributed by atoms with Gasteiger partial charge in [-0.2, -0.15) is 0 Å². The van der Waals surface area contributed by atoms with Gasteiger partial charge >= 0.3 is 0 Å². The Kier molecular flexibility index (Phi) is 4.06. The summed E-state index contributed by atoms with van der Waals surface area (Å²) in [5.41, 5.74) is 1.80. The van der Waals surface area contributed by atoms with Crippen LogP contribution in [0, 0.1) is 13.8 Å². The maximum absolute atomic E-state index is 12.1. The van der Waals surface area contributed by atoms with Crippen molar-refractivity contribution >= 4 is 42.4 Å². The summed E-state index contributed by atoms with van der Waals surface area (Å²) in [7, 11) is -7.10. The number of hydrogen-bond acceptors (Lipinski definition) is 5. The molecule has 0 fully saturated rings. The molecule has 0 spiro atoms. The first kappa shape index (κ1) is 17.5. The SMILES string of the molecule is CC(=O)c1c(C)n(S(C)(=O)=O)c2cc(C)c(NS(C)(=O)=O)cc12. The fraction of sp³-hybridized carbons (Fsp3) is 0.357. The molecule has 2 rings (SSSR count). The molecule has 0 radical (unpaired) electrons. The Morgan fingerprint density at radius 1 is 1.09 bits per heavy atom. The number of hydrogen-bond donors (Lipinski definition) is 1. The van der Waals surface area contributed by atoms with Crippen molar-refractivity contribution in [1.29, 1.82) is 0 Å². The number of carbonyl (C=O) groups is 1. The average molecular weight is 358 g/mol. The van der Waals surface area contributed by atoms with E-state index in [0.717, 1.165) is 16.5 Å². The number of anilines is 1. The zero-order valence-electron chi connectivity index (χ0n) is 13.5.